The number of fused-ring (bicyclic) bond motifs is 1. The third-order valence-electron chi connectivity index (χ3n) is 9.84. The van der Waals surface area contributed by atoms with E-state index in [0.717, 1.165) is 59.3 Å². The van der Waals surface area contributed by atoms with Crippen LogP contribution < -0.4 is 21.3 Å². The Morgan fingerprint density at radius 1 is 1.04 bits per heavy atom. The quantitative estimate of drug-likeness (QED) is 0.329. The van der Waals surface area contributed by atoms with E-state index in [0.29, 0.717) is 17.1 Å². The molecule has 2 aliphatic heterocycles. The molecule has 1 atom stereocenters. The van der Waals surface area contributed by atoms with Gasteiger partial charge in [0.05, 0.1) is 23.5 Å². The van der Waals surface area contributed by atoms with Crippen LogP contribution in [-0.2, 0) is 25.3 Å². The second-order valence-corrected chi connectivity index (χ2v) is 13.4. The molecule has 1 N–H and O–H groups in total. The number of anilines is 1. The Labute approximate surface area is 280 Å². The Morgan fingerprint density at radius 2 is 1.73 bits per heavy atom. The molecule has 1 unspecified atom stereocenters. The van der Waals surface area contributed by atoms with E-state index in [1.807, 2.05) is 11.0 Å². The zero-order valence-electron chi connectivity index (χ0n) is 27.0. The lowest BCUT2D eigenvalue weighted by atomic mass is 9.72. The van der Waals surface area contributed by atoms with Crippen molar-refractivity contribution in [3.05, 3.63) is 97.0 Å². The van der Waals surface area contributed by atoms with Gasteiger partial charge in [0, 0.05) is 87.1 Å². The molecule has 48 heavy (non-hydrogen) atoms. The number of nitrogens with one attached hydrogen (secondary N) is 1. The predicted molar refractivity (Wildman–Crippen MR) is 179 cm³/mol. The molecule has 2 aromatic heterocycles. The van der Waals surface area contributed by atoms with Gasteiger partial charge in [-0.25, -0.2) is 14.2 Å². The number of hydrogen-bond donors (Lipinski definition) is 1. The molecule has 13 heteroatoms. The molecule has 2 saturated heterocycles. The van der Waals surface area contributed by atoms with Crippen LogP contribution in [0, 0.1) is 11.2 Å². The number of hydrogen-bond acceptors (Lipinski definition) is 7. The van der Waals surface area contributed by atoms with Crippen molar-refractivity contribution in [1.82, 2.24) is 23.9 Å². The number of likely N-dealkylation sites (tertiary alicyclic amines) is 2. The number of rotatable bonds is 6. The summed E-state index contributed by atoms with van der Waals surface area (Å²) in [5.74, 6) is -0.704. The van der Waals surface area contributed by atoms with Gasteiger partial charge in [-0.15, -0.1) is 0 Å². The van der Waals surface area contributed by atoms with E-state index in [1.165, 1.54) is 20.3 Å². The number of carbonyl (C=O) groups is 2. The number of amides is 2. The minimum absolute atomic E-state index is 0.0797. The molecule has 4 aromatic rings. The van der Waals surface area contributed by atoms with Gasteiger partial charge < -0.3 is 19.5 Å². The Morgan fingerprint density at radius 3 is 2.44 bits per heavy atom. The summed E-state index contributed by atoms with van der Waals surface area (Å²) in [5.41, 5.74) is 2.15. The third kappa shape index (κ3) is 5.10. The lowest BCUT2D eigenvalue weighted by Crippen LogP contribution is -2.72. The molecule has 0 saturated carbocycles. The summed E-state index contributed by atoms with van der Waals surface area (Å²) in [6.07, 6.45) is 2.88. The number of aryl methyl sites for hydroxylation is 2. The molecule has 2 aromatic carbocycles. The molecule has 248 valence electrons. The average molecular weight is 673 g/mol. The maximum absolute atomic E-state index is 16.4. The highest BCUT2D eigenvalue weighted by Gasteiger charge is 2.55. The molecule has 0 bridgehead atoms. The number of nitrogens with zero attached hydrogens (tertiary/aromatic N) is 5. The van der Waals surface area contributed by atoms with Crippen molar-refractivity contribution in [2.24, 2.45) is 19.5 Å². The molecular weight excluding hydrogens is 639 g/mol. The Bertz CT molecular complexity index is 2130. The van der Waals surface area contributed by atoms with Crippen molar-refractivity contribution in [2.45, 2.75) is 25.8 Å². The molecule has 11 nitrogen and oxygen atoms in total. The van der Waals surface area contributed by atoms with Gasteiger partial charge >= 0.3 is 5.69 Å². The second-order valence-electron chi connectivity index (χ2n) is 13.0. The van der Waals surface area contributed by atoms with Crippen molar-refractivity contribution in [3.8, 4) is 28.3 Å². The topological polar surface area (TPSA) is 119 Å². The molecule has 0 radical (unpaired) electrons. The molecular formula is C35H34ClFN6O5. The molecule has 2 fully saturated rings. The first kappa shape index (κ1) is 31.8. The predicted octanol–water partition coefficient (Wildman–Crippen LogP) is 4.02. The van der Waals surface area contributed by atoms with E-state index in [1.54, 1.807) is 50.4 Å². The highest BCUT2D eigenvalue weighted by Crippen LogP contribution is 2.50. The largest absolute Gasteiger partial charge is 0.481 e. The normalized spacial score (nSPS) is 17.9. The lowest BCUT2D eigenvalue weighted by Gasteiger charge is -2.61. The fourth-order valence-corrected chi connectivity index (χ4v) is 7.67. The maximum atomic E-state index is 16.4. The summed E-state index contributed by atoms with van der Waals surface area (Å²) < 4.78 is 24.2. The summed E-state index contributed by atoms with van der Waals surface area (Å²) in [5, 5.41) is 2.71. The van der Waals surface area contributed by atoms with Crippen molar-refractivity contribution >= 4 is 29.1 Å². The van der Waals surface area contributed by atoms with E-state index in [-0.39, 0.29) is 44.8 Å². The monoisotopic (exact) mass is 672 g/mol. The van der Waals surface area contributed by atoms with Crippen LogP contribution in [0.15, 0.2) is 58.3 Å². The van der Waals surface area contributed by atoms with Crippen LogP contribution in [-0.4, -0.2) is 69.0 Å². The number of benzene rings is 2. The summed E-state index contributed by atoms with van der Waals surface area (Å²) >= 11 is 6.74. The lowest BCUT2D eigenvalue weighted by molar-refractivity contribution is -0.161. The number of halogens is 2. The number of ether oxygens (including phenoxy) is 1. The van der Waals surface area contributed by atoms with Crippen molar-refractivity contribution in [2.75, 3.05) is 38.6 Å². The first-order valence-corrected chi connectivity index (χ1v) is 16.0. The smallest absolute Gasteiger partial charge is 0.330 e. The van der Waals surface area contributed by atoms with Gasteiger partial charge in [-0.1, -0.05) is 35.9 Å². The minimum Gasteiger partial charge on any atom is -0.481 e. The number of pyridine rings is 1. The van der Waals surface area contributed by atoms with Crippen LogP contribution in [0.25, 0.3) is 22.4 Å². The number of methoxy groups -OCH3 is 1. The van der Waals surface area contributed by atoms with Crippen molar-refractivity contribution in [1.29, 1.82) is 0 Å². The van der Waals surface area contributed by atoms with Crippen LogP contribution in [0.5, 0.6) is 5.88 Å². The number of carbonyl (C=O) groups excluding carboxylic acids is 2. The van der Waals surface area contributed by atoms with E-state index in [4.69, 9.17) is 21.3 Å². The van der Waals surface area contributed by atoms with Gasteiger partial charge in [-0.05, 0) is 36.6 Å². The van der Waals surface area contributed by atoms with Crippen LogP contribution in [0.4, 0.5) is 10.1 Å². The van der Waals surface area contributed by atoms with Gasteiger partial charge in [0.15, 0.2) is 0 Å². The zero-order chi connectivity index (χ0) is 34.1. The summed E-state index contributed by atoms with van der Waals surface area (Å²) in [7, 11) is 4.30. The summed E-state index contributed by atoms with van der Waals surface area (Å²) in [4.78, 5) is 58.5. The first-order chi connectivity index (χ1) is 22.9. The first-order valence-electron chi connectivity index (χ1n) is 15.6. The van der Waals surface area contributed by atoms with Crippen LogP contribution in [0.3, 0.4) is 0 Å². The molecule has 2 amide bonds. The molecule has 4 heterocycles. The molecule has 7 rings (SSSR count). The van der Waals surface area contributed by atoms with E-state index in [9.17, 15) is 19.2 Å². The van der Waals surface area contributed by atoms with E-state index < -0.39 is 23.0 Å². The second kappa shape index (κ2) is 11.7. The van der Waals surface area contributed by atoms with Gasteiger partial charge in [0.1, 0.15) is 11.4 Å². The van der Waals surface area contributed by atoms with E-state index >= 15 is 4.39 Å². The van der Waals surface area contributed by atoms with Gasteiger partial charge in [-0.2, -0.15) is 0 Å². The zero-order valence-corrected chi connectivity index (χ0v) is 27.7. The average Bonchev–Trinajstić information content (AvgIpc) is 3.45. The fourth-order valence-electron chi connectivity index (χ4n) is 7.39. The summed E-state index contributed by atoms with van der Waals surface area (Å²) in [6.45, 7) is 5.06. The number of aromatic nitrogens is 3. The molecule has 3 aliphatic rings. The fraction of sp³-hybridized carbons (Fsp3) is 0.343. The SMILES string of the molecule is COc1nc(-c2cccc(-c3cccc(NC(=O)c4cn(C)c(=O)n(C)c4=O)c3Cl)c2F)cc2c1C(N1CC3(CN(C(C)=O)C3)C1)CC2. The van der Waals surface area contributed by atoms with Crippen molar-refractivity contribution < 1.29 is 18.7 Å². The molecule has 1 spiro atoms. The van der Waals surface area contributed by atoms with Gasteiger partial charge in [-0.3, -0.25) is 23.9 Å². The Balaban J connectivity index is 1.16. The standard InChI is InChI=1S/C35H34ClFN6O5/c1-19(44)42-15-35(16-42)17-43(18-35)27-12-11-20-13-26(39-32(48-4)28(20)27)23-9-5-8-22(30(23)37)21-7-6-10-25(29(21)36)38-31(45)24-14-40(2)34(47)41(3)33(24)46/h5-10,13-14,27H,11-12,15-18H2,1-4H3,(H,38,45). The highest BCUT2D eigenvalue weighted by atomic mass is 35.5. The third-order valence-corrected chi connectivity index (χ3v) is 10.2. The summed E-state index contributed by atoms with van der Waals surface area (Å²) in [6, 6.07) is 11.9. The maximum Gasteiger partial charge on any atom is 0.330 e. The van der Waals surface area contributed by atoms with Crippen LogP contribution >= 0.6 is 11.6 Å². The van der Waals surface area contributed by atoms with E-state index in [2.05, 4.69) is 10.2 Å². The minimum atomic E-state index is -0.758. The van der Waals surface area contributed by atoms with Crippen molar-refractivity contribution in [3.63, 3.8) is 0 Å². The molecule has 1 aliphatic carbocycles. The van der Waals surface area contributed by atoms with Gasteiger partial charge in [0.2, 0.25) is 11.8 Å². The van der Waals surface area contributed by atoms with Crippen LogP contribution in [0.2, 0.25) is 5.02 Å². The highest BCUT2D eigenvalue weighted by molar-refractivity contribution is 6.36. The Hall–Kier alpha value is -4.81. The van der Waals surface area contributed by atoms with Gasteiger partial charge in [0.25, 0.3) is 11.5 Å². The van der Waals surface area contributed by atoms with Crippen LogP contribution in [0.1, 0.15) is 40.9 Å². The Kier molecular flexibility index (Phi) is 7.75.